The van der Waals surface area contributed by atoms with E-state index in [9.17, 15) is 12.8 Å². The zero-order valence-corrected chi connectivity index (χ0v) is 11.6. The maximum atomic E-state index is 13.3. The number of anilines is 1. The summed E-state index contributed by atoms with van der Waals surface area (Å²) < 4.78 is 39.8. The van der Waals surface area contributed by atoms with E-state index in [-0.39, 0.29) is 15.6 Å². The number of nitrogens with one attached hydrogen (secondary N) is 1. The Labute approximate surface area is 116 Å². The maximum absolute atomic E-state index is 13.3. The number of aryl methyl sites for hydroxylation is 1. The molecule has 0 saturated carbocycles. The average Bonchev–Trinajstić information content (AvgIpc) is 2.37. The van der Waals surface area contributed by atoms with Crippen LogP contribution in [-0.4, -0.2) is 8.42 Å². The molecule has 0 bridgehead atoms. The number of hydrogen-bond donors (Lipinski definition) is 1. The number of halogens is 2. The van der Waals surface area contributed by atoms with Crippen molar-refractivity contribution in [3.05, 3.63) is 58.9 Å². The molecule has 0 spiro atoms. The molecule has 0 amide bonds. The third-order valence-electron chi connectivity index (χ3n) is 2.55. The Morgan fingerprint density at radius 1 is 1.16 bits per heavy atom. The van der Waals surface area contributed by atoms with Gasteiger partial charge < -0.3 is 0 Å². The number of hydrogen-bond acceptors (Lipinski definition) is 2. The molecule has 0 saturated heterocycles. The van der Waals surface area contributed by atoms with Gasteiger partial charge in [-0.25, -0.2) is 12.8 Å². The molecule has 0 aliphatic carbocycles. The molecule has 0 aliphatic rings. The quantitative estimate of drug-likeness (QED) is 0.941. The monoisotopic (exact) mass is 299 g/mol. The lowest BCUT2D eigenvalue weighted by Gasteiger charge is -2.10. The normalized spacial score (nSPS) is 11.3. The molecule has 0 radical (unpaired) electrons. The molecule has 2 rings (SSSR count). The van der Waals surface area contributed by atoms with Gasteiger partial charge in [-0.05, 0) is 36.8 Å². The molecule has 100 valence electrons. The van der Waals surface area contributed by atoms with Crippen LogP contribution in [0.4, 0.5) is 10.1 Å². The van der Waals surface area contributed by atoms with Crippen LogP contribution in [0.25, 0.3) is 0 Å². The van der Waals surface area contributed by atoms with Crippen LogP contribution in [0.3, 0.4) is 0 Å². The first-order valence-corrected chi connectivity index (χ1v) is 7.30. The van der Waals surface area contributed by atoms with Crippen molar-refractivity contribution in [1.29, 1.82) is 0 Å². The molecule has 1 N–H and O–H groups in total. The van der Waals surface area contributed by atoms with Crippen molar-refractivity contribution in [1.82, 2.24) is 0 Å². The fourth-order valence-electron chi connectivity index (χ4n) is 1.54. The van der Waals surface area contributed by atoms with Crippen molar-refractivity contribution >= 4 is 27.3 Å². The first-order chi connectivity index (χ1) is 8.90. The standard InChI is InChI=1S/C13H11ClFNO2S/c1-9-7-13(11(14)8-12(9)15)16-19(17,18)10-5-3-2-4-6-10/h2-8,16H,1H3. The maximum Gasteiger partial charge on any atom is 0.261 e. The zero-order chi connectivity index (χ0) is 14.0. The van der Waals surface area contributed by atoms with Gasteiger partial charge in [0, 0.05) is 0 Å². The molecule has 0 aromatic heterocycles. The fourth-order valence-corrected chi connectivity index (χ4v) is 2.88. The minimum atomic E-state index is -3.72. The van der Waals surface area contributed by atoms with E-state index in [4.69, 9.17) is 11.6 Å². The smallest absolute Gasteiger partial charge is 0.261 e. The highest BCUT2D eigenvalue weighted by Gasteiger charge is 2.16. The second-order valence-electron chi connectivity index (χ2n) is 4.00. The third-order valence-corrected chi connectivity index (χ3v) is 4.24. The predicted molar refractivity (Wildman–Crippen MR) is 73.4 cm³/mol. The molecule has 6 heteroatoms. The Morgan fingerprint density at radius 3 is 2.42 bits per heavy atom. The largest absolute Gasteiger partial charge is 0.278 e. The Balaban J connectivity index is 2.39. The van der Waals surface area contributed by atoms with Crippen molar-refractivity contribution < 1.29 is 12.8 Å². The molecule has 19 heavy (non-hydrogen) atoms. The van der Waals surface area contributed by atoms with Gasteiger partial charge in [0.25, 0.3) is 10.0 Å². The summed E-state index contributed by atoms with van der Waals surface area (Å²) in [6, 6.07) is 10.3. The molecule has 0 fully saturated rings. The predicted octanol–water partition coefficient (Wildman–Crippen LogP) is 3.59. The fraction of sp³-hybridized carbons (Fsp3) is 0.0769. The molecular formula is C13H11ClFNO2S. The Morgan fingerprint density at radius 2 is 1.79 bits per heavy atom. The minimum absolute atomic E-state index is 0.0163. The minimum Gasteiger partial charge on any atom is -0.278 e. The van der Waals surface area contributed by atoms with Gasteiger partial charge in [0.2, 0.25) is 0 Å². The van der Waals surface area contributed by atoms with Gasteiger partial charge >= 0.3 is 0 Å². The average molecular weight is 300 g/mol. The molecule has 0 aliphatic heterocycles. The molecular weight excluding hydrogens is 289 g/mol. The van der Waals surface area contributed by atoms with E-state index in [1.807, 2.05) is 0 Å². The lowest BCUT2D eigenvalue weighted by atomic mass is 10.2. The van der Waals surface area contributed by atoms with Crippen LogP contribution in [0.5, 0.6) is 0 Å². The molecule has 2 aromatic carbocycles. The van der Waals surface area contributed by atoms with Crippen LogP contribution >= 0.6 is 11.6 Å². The molecule has 2 aromatic rings. The second kappa shape index (κ2) is 5.19. The molecule has 0 heterocycles. The van der Waals surface area contributed by atoms with Crippen LogP contribution < -0.4 is 4.72 Å². The first-order valence-electron chi connectivity index (χ1n) is 5.43. The summed E-state index contributed by atoms with van der Waals surface area (Å²) in [5, 5.41) is 0.0163. The van der Waals surface area contributed by atoms with Crippen LogP contribution in [0, 0.1) is 12.7 Å². The summed E-state index contributed by atoms with van der Waals surface area (Å²) in [4.78, 5) is 0.119. The van der Waals surface area contributed by atoms with Gasteiger partial charge in [-0.15, -0.1) is 0 Å². The van der Waals surface area contributed by atoms with Crippen molar-refractivity contribution in [3.63, 3.8) is 0 Å². The summed E-state index contributed by atoms with van der Waals surface area (Å²) in [6.45, 7) is 1.53. The Hall–Kier alpha value is -1.59. The van der Waals surface area contributed by atoms with E-state index in [0.717, 1.165) is 6.07 Å². The van der Waals surface area contributed by atoms with E-state index in [0.29, 0.717) is 5.56 Å². The highest BCUT2D eigenvalue weighted by molar-refractivity contribution is 7.92. The van der Waals surface area contributed by atoms with Gasteiger partial charge in [-0.3, -0.25) is 4.72 Å². The van der Waals surface area contributed by atoms with Crippen molar-refractivity contribution in [2.75, 3.05) is 4.72 Å². The summed E-state index contributed by atoms with van der Waals surface area (Å²) in [5.41, 5.74) is 0.472. The summed E-state index contributed by atoms with van der Waals surface area (Å²) >= 11 is 5.83. The summed E-state index contributed by atoms with van der Waals surface area (Å²) in [7, 11) is -3.72. The molecule has 0 unspecified atom stereocenters. The number of rotatable bonds is 3. The second-order valence-corrected chi connectivity index (χ2v) is 6.09. The van der Waals surface area contributed by atoms with Crippen molar-refractivity contribution in [3.8, 4) is 0 Å². The topological polar surface area (TPSA) is 46.2 Å². The van der Waals surface area contributed by atoms with Crippen molar-refractivity contribution in [2.24, 2.45) is 0 Å². The molecule has 0 atom stereocenters. The van der Waals surface area contributed by atoms with E-state index >= 15 is 0 Å². The highest BCUT2D eigenvalue weighted by Crippen LogP contribution is 2.27. The van der Waals surface area contributed by atoms with Crippen LogP contribution in [0.2, 0.25) is 5.02 Å². The zero-order valence-electron chi connectivity index (χ0n) is 10.0. The SMILES string of the molecule is Cc1cc(NS(=O)(=O)c2ccccc2)c(Cl)cc1F. The number of benzene rings is 2. The summed E-state index contributed by atoms with van der Waals surface area (Å²) in [6.07, 6.45) is 0. The van der Waals surface area contributed by atoms with E-state index < -0.39 is 15.8 Å². The lowest BCUT2D eigenvalue weighted by Crippen LogP contribution is -2.13. The van der Waals surface area contributed by atoms with Gasteiger partial charge in [0.15, 0.2) is 0 Å². The first kappa shape index (κ1) is 13.8. The van der Waals surface area contributed by atoms with E-state index in [1.54, 1.807) is 18.2 Å². The van der Waals surface area contributed by atoms with Gasteiger partial charge in [-0.1, -0.05) is 29.8 Å². The molecule has 3 nitrogen and oxygen atoms in total. The van der Waals surface area contributed by atoms with Gasteiger partial charge in [0.1, 0.15) is 5.82 Å². The van der Waals surface area contributed by atoms with Crippen LogP contribution in [0.15, 0.2) is 47.4 Å². The van der Waals surface area contributed by atoms with Crippen molar-refractivity contribution in [2.45, 2.75) is 11.8 Å². The highest BCUT2D eigenvalue weighted by atomic mass is 35.5. The van der Waals surface area contributed by atoms with E-state index in [2.05, 4.69) is 4.72 Å². The third kappa shape index (κ3) is 3.05. The lowest BCUT2D eigenvalue weighted by molar-refractivity contribution is 0.601. The Bertz CT molecular complexity index is 702. The van der Waals surface area contributed by atoms with Gasteiger partial charge in [-0.2, -0.15) is 0 Å². The number of sulfonamides is 1. The Kier molecular flexibility index (Phi) is 3.78. The van der Waals surface area contributed by atoms with Crippen LogP contribution in [-0.2, 0) is 10.0 Å². The van der Waals surface area contributed by atoms with Crippen LogP contribution in [0.1, 0.15) is 5.56 Å². The van der Waals surface area contributed by atoms with Gasteiger partial charge in [0.05, 0.1) is 15.6 Å². The van der Waals surface area contributed by atoms with E-state index in [1.165, 1.54) is 25.1 Å². The summed E-state index contributed by atoms with van der Waals surface area (Å²) in [5.74, 6) is -0.479.